The Morgan fingerprint density at radius 3 is 2.93 bits per heavy atom. The van der Waals surface area contributed by atoms with Crippen LogP contribution in [0.5, 0.6) is 0 Å². The smallest absolute Gasteiger partial charge is 0.328 e. The summed E-state index contributed by atoms with van der Waals surface area (Å²) >= 11 is 0. The third-order valence-electron chi connectivity index (χ3n) is 2.90. The maximum absolute atomic E-state index is 11.4. The second kappa shape index (κ2) is 3.93. The van der Waals surface area contributed by atoms with Crippen LogP contribution in [0, 0.1) is 0 Å². The van der Waals surface area contributed by atoms with Gasteiger partial charge in [-0.1, -0.05) is 25.1 Å². The molecule has 1 aromatic rings. The standard InChI is InChI=1S/C12H15NO2/c1-8-7-11(12(14)15-2)13-10-6-4-3-5-9(8)10/h3-6,8,11,13H,7H2,1-2H3/t8-,11-/m1/s1. The van der Waals surface area contributed by atoms with Gasteiger partial charge in [-0.25, -0.2) is 4.79 Å². The summed E-state index contributed by atoms with van der Waals surface area (Å²) in [6.45, 7) is 2.13. The third-order valence-corrected chi connectivity index (χ3v) is 2.90. The van der Waals surface area contributed by atoms with E-state index in [-0.39, 0.29) is 12.0 Å². The van der Waals surface area contributed by atoms with Crippen LogP contribution in [0.4, 0.5) is 5.69 Å². The zero-order valence-electron chi connectivity index (χ0n) is 8.99. The maximum atomic E-state index is 11.4. The highest BCUT2D eigenvalue weighted by Crippen LogP contribution is 2.33. The van der Waals surface area contributed by atoms with Gasteiger partial charge in [0, 0.05) is 5.69 Å². The Balaban J connectivity index is 2.26. The van der Waals surface area contributed by atoms with Gasteiger partial charge in [0.2, 0.25) is 0 Å². The first-order valence-electron chi connectivity index (χ1n) is 5.15. The molecule has 2 rings (SSSR count). The highest BCUT2D eigenvalue weighted by Gasteiger charge is 2.28. The molecule has 0 saturated carbocycles. The van der Waals surface area contributed by atoms with Crippen LogP contribution < -0.4 is 5.32 Å². The van der Waals surface area contributed by atoms with Crippen LogP contribution in [0.2, 0.25) is 0 Å². The minimum absolute atomic E-state index is 0.184. The Morgan fingerprint density at radius 2 is 2.20 bits per heavy atom. The van der Waals surface area contributed by atoms with Crippen molar-refractivity contribution >= 4 is 11.7 Å². The normalized spacial score (nSPS) is 23.9. The van der Waals surface area contributed by atoms with Gasteiger partial charge >= 0.3 is 5.97 Å². The molecule has 1 N–H and O–H groups in total. The average molecular weight is 205 g/mol. The van der Waals surface area contributed by atoms with Crippen molar-refractivity contribution in [3.63, 3.8) is 0 Å². The van der Waals surface area contributed by atoms with Gasteiger partial charge < -0.3 is 10.1 Å². The van der Waals surface area contributed by atoms with Gasteiger partial charge in [0.25, 0.3) is 0 Å². The van der Waals surface area contributed by atoms with Crippen LogP contribution in [0.1, 0.15) is 24.8 Å². The molecular formula is C12H15NO2. The van der Waals surface area contributed by atoms with Gasteiger partial charge in [0.05, 0.1) is 7.11 Å². The topological polar surface area (TPSA) is 38.3 Å². The molecule has 0 radical (unpaired) electrons. The van der Waals surface area contributed by atoms with Gasteiger partial charge in [-0.3, -0.25) is 0 Å². The van der Waals surface area contributed by atoms with Crippen LogP contribution in [0.25, 0.3) is 0 Å². The Bertz CT molecular complexity index is 376. The lowest BCUT2D eigenvalue weighted by molar-refractivity contribution is -0.141. The number of ether oxygens (including phenoxy) is 1. The van der Waals surface area contributed by atoms with Crippen LogP contribution in [0.15, 0.2) is 24.3 Å². The van der Waals surface area contributed by atoms with Gasteiger partial charge in [0.1, 0.15) is 6.04 Å². The molecule has 0 amide bonds. The van der Waals surface area contributed by atoms with Crippen molar-refractivity contribution in [2.75, 3.05) is 12.4 Å². The van der Waals surface area contributed by atoms with Crippen LogP contribution in [-0.4, -0.2) is 19.1 Å². The molecule has 2 atom stereocenters. The van der Waals surface area contributed by atoms with E-state index in [0.717, 1.165) is 12.1 Å². The second-order valence-electron chi connectivity index (χ2n) is 3.94. The molecule has 0 spiro atoms. The van der Waals surface area contributed by atoms with E-state index in [9.17, 15) is 4.79 Å². The number of anilines is 1. The molecular weight excluding hydrogens is 190 g/mol. The largest absolute Gasteiger partial charge is 0.467 e. The molecule has 3 nitrogen and oxygen atoms in total. The molecule has 80 valence electrons. The quantitative estimate of drug-likeness (QED) is 0.714. The number of hydrogen-bond acceptors (Lipinski definition) is 3. The summed E-state index contributed by atoms with van der Waals surface area (Å²) in [5.74, 6) is 0.211. The fourth-order valence-electron chi connectivity index (χ4n) is 2.08. The Kier molecular flexibility index (Phi) is 2.62. The zero-order valence-corrected chi connectivity index (χ0v) is 8.99. The van der Waals surface area contributed by atoms with Crippen LogP contribution in [0.3, 0.4) is 0 Å². The van der Waals surface area contributed by atoms with E-state index in [2.05, 4.69) is 18.3 Å². The first kappa shape index (κ1) is 10.0. The molecule has 0 fully saturated rings. The molecule has 15 heavy (non-hydrogen) atoms. The summed E-state index contributed by atoms with van der Waals surface area (Å²) in [5.41, 5.74) is 2.32. The molecule has 1 aliphatic heterocycles. The summed E-state index contributed by atoms with van der Waals surface area (Å²) in [6.07, 6.45) is 0.795. The first-order valence-corrected chi connectivity index (χ1v) is 5.15. The van der Waals surface area contributed by atoms with Gasteiger partial charge in [-0.05, 0) is 24.0 Å². The number of para-hydroxylation sites is 1. The highest BCUT2D eigenvalue weighted by atomic mass is 16.5. The lowest BCUT2D eigenvalue weighted by Crippen LogP contribution is -2.35. The fraction of sp³-hybridized carbons (Fsp3) is 0.417. The molecule has 0 aromatic heterocycles. The van der Waals surface area contributed by atoms with E-state index >= 15 is 0 Å². The van der Waals surface area contributed by atoms with Crippen LogP contribution in [-0.2, 0) is 9.53 Å². The third kappa shape index (κ3) is 1.82. The summed E-state index contributed by atoms with van der Waals surface area (Å²) in [7, 11) is 1.43. The molecule has 0 bridgehead atoms. The van der Waals surface area contributed by atoms with Gasteiger partial charge in [-0.15, -0.1) is 0 Å². The molecule has 1 aromatic carbocycles. The zero-order chi connectivity index (χ0) is 10.8. The van der Waals surface area contributed by atoms with E-state index < -0.39 is 0 Å². The molecule has 0 unspecified atom stereocenters. The lowest BCUT2D eigenvalue weighted by atomic mass is 9.88. The number of methoxy groups -OCH3 is 1. The minimum Gasteiger partial charge on any atom is -0.467 e. The number of carbonyl (C=O) groups is 1. The summed E-state index contributed by atoms with van der Waals surface area (Å²) in [4.78, 5) is 11.4. The van der Waals surface area contributed by atoms with E-state index in [0.29, 0.717) is 5.92 Å². The van der Waals surface area contributed by atoms with E-state index in [1.165, 1.54) is 12.7 Å². The van der Waals surface area contributed by atoms with Crippen molar-refractivity contribution in [3.05, 3.63) is 29.8 Å². The SMILES string of the molecule is COC(=O)[C@H]1C[C@@H](C)c2ccccc2N1. The molecule has 3 heteroatoms. The van der Waals surface area contributed by atoms with Crippen molar-refractivity contribution in [2.24, 2.45) is 0 Å². The molecule has 0 saturated heterocycles. The predicted molar refractivity (Wildman–Crippen MR) is 58.9 cm³/mol. The fourth-order valence-corrected chi connectivity index (χ4v) is 2.08. The van der Waals surface area contributed by atoms with E-state index in [4.69, 9.17) is 4.74 Å². The number of nitrogens with one attached hydrogen (secondary N) is 1. The number of esters is 1. The molecule has 1 aliphatic rings. The summed E-state index contributed by atoms with van der Waals surface area (Å²) in [5, 5.41) is 3.20. The summed E-state index contributed by atoms with van der Waals surface area (Å²) in [6, 6.07) is 7.88. The molecule has 1 heterocycles. The van der Waals surface area contributed by atoms with Crippen molar-refractivity contribution in [1.82, 2.24) is 0 Å². The number of fused-ring (bicyclic) bond motifs is 1. The van der Waals surface area contributed by atoms with E-state index in [1.54, 1.807) is 0 Å². The van der Waals surface area contributed by atoms with Gasteiger partial charge in [0.15, 0.2) is 0 Å². The lowest BCUT2D eigenvalue weighted by Gasteiger charge is -2.29. The van der Waals surface area contributed by atoms with Crippen molar-refractivity contribution in [1.29, 1.82) is 0 Å². The van der Waals surface area contributed by atoms with Crippen LogP contribution >= 0.6 is 0 Å². The van der Waals surface area contributed by atoms with Crippen molar-refractivity contribution in [3.8, 4) is 0 Å². The number of benzene rings is 1. The van der Waals surface area contributed by atoms with Gasteiger partial charge in [-0.2, -0.15) is 0 Å². The maximum Gasteiger partial charge on any atom is 0.328 e. The Hall–Kier alpha value is -1.51. The number of carbonyl (C=O) groups excluding carboxylic acids is 1. The Labute approximate surface area is 89.4 Å². The van der Waals surface area contributed by atoms with E-state index in [1.807, 2.05) is 18.2 Å². The highest BCUT2D eigenvalue weighted by molar-refractivity contribution is 5.80. The second-order valence-corrected chi connectivity index (χ2v) is 3.94. The number of rotatable bonds is 1. The monoisotopic (exact) mass is 205 g/mol. The minimum atomic E-state index is -0.208. The first-order chi connectivity index (χ1) is 7.22. The van der Waals surface area contributed by atoms with Crippen molar-refractivity contribution < 1.29 is 9.53 Å². The average Bonchev–Trinajstić information content (AvgIpc) is 2.28. The summed E-state index contributed by atoms with van der Waals surface area (Å²) < 4.78 is 4.75. The predicted octanol–water partition coefficient (Wildman–Crippen LogP) is 2.15. The Morgan fingerprint density at radius 1 is 1.47 bits per heavy atom. The molecule has 0 aliphatic carbocycles. The van der Waals surface area contributed by atoms with Crippen molar-refractivity contribution in [2.45, 2.75) is 25.3 Å². The number of hydrogen-bond donors (Lipinski definition) is 1.